The normalized spacial score (nSPS) is 12.6. The number of sulfonamides is 1. The van der Waals surface area contributed by atoms with E-state index in [9.17, 15) is 22.4 Å². The molecule has 0 aliphatic heterocycles. The summed E-state index contributed by atoms with van der Waals surface area (Å²) in [7, 11) is -1.47. The van der Waals surface area contributed by atoms with Gasteiger partial charge in [-0.2, -0.15) is 0 Å². The molecule has 11 heteroatoms. The number of benzene rings is 3. The minimum atomic E-state index is -4.31. The summed E-state index contributed by atoms with van der Waals surface area (Å²) in [6, 6.07) is 15.5. The molecule has 2 amide bonds. The summed E-state index contributed by atoms with van der Waals surface area (Å²) in [4.78, 5) is 28.9. The molecule has 43 heavy (non-hydrogen) atoms. The van der Waals surface area contributed by atoms with Gasteiger partial charge in [-0.15, -0.1) is 0 Å². The van der Waals surface area contributed by atoms with Crippen molar-refractivity contribution in [3.05, 3.63) is 83.7 Å². The van der Waals surface area contributed by atoms with Gasteiger partial charge in [0, 0.05) is 18.7 Å². The fourth-order valence-electron chi connectivity index (χ4n) is 4.49. The highest BCUT2D eigenvalue weighted by Crippen LogP contribution is 2.36. The Balaban J connectivity index is 2.14. The zero-order valence-corrected chi connectivity index (χ0v) is 26.3. The van der Waals surface area contributed by atoms with Crippen molar-refractivity contribution in [3.8, 4) is 11.5 Å². The van der Waals surface area contributed by atoms with E-state index in [1.807, 2.05) is 20.8 Å². The van der Waals surface area contributed by atoms with E-state index >= 15 is 0 Å². The molecule has 0 radical (unpaired) electrons. The van der Waals surface area contributed by atoms with Crippen molar-refractivity contribution in [2.45, 2.75) is 64.1 Å². The van der Waals surface area contributed by atoms with Gasteiger partial charge in [0.15, 0.2) is 0 Å². The number of nitrogens with zero attached hydrogens (tertiary/aromatic N) is 2. The van der Waals surface area contributed by atoms with Crippen molar-refractivity contribution in [2.24, 2.45) is 0 Å². The van der Waals surface area contributed by atoms with Crippen LogP contribution in [-0.2, 0) is 26.2 Å². The summed E-state index contributed by atoms with van der Waals surface area (Å²) in [5.74, 6) is -0.871. The maximum atomic E-state index is 14.2. The quantitative estimate of drug-likeness (QED) is 0.272. The Hall–Kier alpha value is -4.12. The van der Waals surface area contributed by atoms with Gasteiger partial charge in [-0.1, -0.05) is 43.7 Å². The van der Waals surface area contributed by atoms with Gasteiger partial charge >= 0.3 is 0 Å². The summed E-state index contributed by atoms with van der Waals surface area (Å²) in [6.45, 7) is 6.72. The van der Waals surface area contributed by atoms with Gasteiger partial charge in [-0.3, -0.25) is 13.9 Å². The summed E-state index contributed by atoms with van der Waals surface area (Å²) in [5.41, 5.74) is 1.54. The van der Waals surface area contributed by atoms with Crippen LogP contribution in [0.15, 0.2) is 71.6 Å². The maximum Gasteiger partial charge on any atom is 0.264 e. The summed E-state index contributed by atoms with van der Waals surface area (Å²) >= 11 is 0. The SMILES string of the molecule is CC[C@H](C(=O)N[C@@H](C)CC)N(Cc1ccc(F)cc1)C(=O)CN(c1cc(OC)ccc1OC)S(=O)(=O)c1ccc(C)cc1. The molecule has 0 aromatic heterocycles. The van der Waals surface area contributed by atoms with E-state index in [4.69, 9.17) is 9.47 Å². The van der Waals surface area contributed by atoms with E-state index in [1.165, 1.54) is 61.6 Å². The molecule has 1 N–H and O–H groups in total. The van der Waals surface area contributed by atoms with Crippen LogP contribution in [0.4, 0.5) is 10.1 Å². The third-order valence-electron chi connectivity index (χ3n) is 7.20. The predicted molar refractivity (Wildman–Crippen MR) is 164 cm³/mol. The van der Waals surface area contributed by atoms with Crippen LogP contribution in [0.5, 0.6) is 11.5 Å². The van der Waals surface area contributed by atoms with Crippen molar-refractivity contribution in [3.63, 3.8) is 0 Å². The number of nitrogens with one attached hydrogen (secondary N) is 1. The lowest BCUT2D eigenvalue weighted by atomic mass is 10.1. The number of halogens is 1. The Morgan fingerprint density at radius 2 is 1.58 bits per heavy atom. The van der Waals surface area contributed by atoms with E-state index in [0.717, 1.165) is 9.87 Å². The topological polar surface area (TPSA) is 105 Å². The molecule has 0 spiro atoms. The highest BCUT2D eigenvalue weighted by atomic mass is 32.2. The highest BCUT2D eigenvalue weighted by Gasteiger charge is 2.35. The minimum absolute atomic E-state index is 0.0255. The highest BCUT2D eigenvalue weighted by molar-refractivity contribution is 7.92. The number of hydrogen-bond acceptors (Lipinski definition) is 6. The first-order valence-electron chi connectivity index (χ1n) is 14.1. The molecule has 3 aromatic carbocycles. The lowest BCUT2D eigenvalue weighted by Crippen LogP contribution is -2.53. The first kappa shape index (κ1) is 33.4. The standard InChI is InChI=1S/C32H40FN3O6S/c1-7-23(4)34-32(38)28(8-2)35(20-24-11-13-25(33)14-12-24)31(37)21-36(29-19-26(41-5)15-18-30(29)42-6)43(39,40)27-16-9-22(3)10-17-27/h9-19,23,28H,7-8,20-21H2,1-6H3,(H,34,38)/t23-,28+/m0/s1. The average molecular weight is 614 g/mol. The first-order chi connectivity index (χ1) is 20.4. The molecule has 0 aliphatic carbocycles. The number of carbonyl (C=O) groups is 2. The van der Waals surface area contributed by atoms with Crippen molar-refractivity contribution < 1.29 is 31.9 Å². The van der Waals surface area contributed by atoms with Crippen LogP contribution < -0.4 is 19.1 Å². The smallest absolute Gasteiger partial charge is 0.264 e. The molecule has 0 fully saturated rings. The fraction of sp³-hybridized carbons (Fsp3) is 0.375. The summed E-state index contributed by atoms with van der Waals surface area (Å²) in [6.07, 6.45) is 0.953. The van der Waals surface area contributed by atoms with Crippen LogP contribution in [0.2, 0.25) is 0 Å². The zero-order valence-electron chi connectivity index (χ0n) is 25.5. The lowest BCUT2D eigenvalue weighted by molar-refractivity contribution is -0.140. The van der Waals surface area contributed by atoms with Gasteiger partial charge in [0.05, 0.1) is 24.8 Å². The summed E-state index contributed by atoms with van der Waals surface area (Å²) in [5, 5.41) is 2.93. The number of carbonyl (C=O) groups excluding carboxylic acids is 2. The Morgan fingerprint density at radius 3 is 2.14 bits per heavy atom. The number of aryl methyl sites for hydroxylation is 1. The number of amides is 2. The van der Waals surface area contributed by atoms with Gasteiger partial charge in [0.25, 0.3) is 10.0 Å². The maximum absolute atomic E-state index is 14.2. The van der Waals surface area contributed by atoms with E-state index < -0.39 is 34.3 Å². The van der Waals surface area contributed by atoms with Gasteiger partial charge in [0.1, 0.15) is 29.9 Å². The zero-order chi connectivity index (χ0) is 31.7. The lowest BCUT2D eigenvalue weighted by Gasteiger charge is -2.34. The van der Waals surface area contributed by atoms with Crippen LogP contribution in [0.25, 0.3) is 0 Å². The molecule has 3 aromatic rings. The first-order valence-corrected chi connectivity index (χ1v) is 15.5. The van der Waals surface area contributed by atoms with Gasteiger partial charge in [-0.25, -0.2) is 12.8 Å². The third-order valence-corrected chi connectivity index (χ3v) is 8.97. The van der Waals surface area contributed by atoms with E-state index in [1.54, 1.807) is 31.2 Å². The van der Waals surface area contributed by atoms with Gasteiger partial charge < -0.3 is 19.7 Å². The number of rotatable bonds is 14. The van der Waals surface area contributed by atoms with Crippen LogP contribution in [0, 0.1) is 12.7 Å². The Labute approximate surface area is 253 Å². The predicted octanol–water partition coefficient (Wildman–Crippen LogP) is 5.07. The van der Waals surface area contributed by atoms with Crippen LogP contribution in [0.1, 0.15) is 44.7 Å². The number of hydrogen-bond donors (Lipinski definition) is 1. The molecule has 0 saturated carbocycles. The Morgan fingerprint density at radius 1 is 0.930 bits per heavy atom. The second-order valence-electron chi connectivity index (χ2n) is 10.3. The molecule has 0 heterocycles. The molecular weight excluding hydrogens is 573 g/mol. The van der Waals surface area contributed by atoms with Crippen molar-refractivity contribution in [1.82, 2.24) is 10.2 Å². The number of methoxy groups -OCH3 is 2. The van der Waals surface area contributed by atoms with Crippen molar-refractivity contribution >= 4 is 27.5 Å². The molecule has 3 rings (SSSR count). The van der Waals surface area contributed by atoms with Crippen molar-refractivity contribution in [2.75, 3.05) is 25.1 Å². The molecule has 232 valence electrons. The van der Waals surface area contributed by atoms with Crippen LogP contribution in [0.3, 0.4) is 0 Å². The van der Waals surface area contributed by atoms with Crippen molar-refractivity contribution in [1.29, 1.82) is 0 Å². The monoisotopic (exact) mass is 613 g/mol. The van der Waals surface area contributed by atoms with E-state index in [2.05, 4.69) is 5.32 Å². The van der Waals surface area contributed by atoms with Crippen LogP contribution in [-0.4, -0.2) is 58.0 Å². The second-order valence-corrected chi connectivity index (χ2v) is 12.1. The van der Waals surface area contributed by atoms with Gasteiger partial charge in [0.2, 0.25) is 11.8 Å². The molecular formula is C32H40FN3O6S. The minimum Gasteiger partial charge on any atom is -0.497 e. The number of ether oxygens (including phenoxy) is 2. The summed E-state index contributed by atoms with van der Waals surface area (Å²) < 4.78 is 53.8. The molecule has 2 atom stereocenters. The molecule has 9 nitrogen and oxygen atoms in total. The Kier molecular flexibility index (Phi) is 11.5. The second kappa shape index (κ2) is 14.9. The van der Waals surface area contributed by atoms with E-state index in [0.29, 0.717) is 17.7 Å². The van der Waals surface area contributed by atoms with E-state index in [-0.39, 0.29) is 41.2 Å². The average Bonchev–Trinajstić information content (AvgIpc) is 3.00. The molecule has 0 saturated heterocycles. The molecule has 0 unspecified atom stereocenters. The molecule has 0 aliphatic rings. The third kappa shape index (κ3) is 8.25. The fourth-order valence-corrected chi connectivity index (χ4v) is 5.91. The van der Waals surface area contributed by atoms with Crippen LogP contribution >= 0.6 is 0 Å². The Bertz CT molecular complexity index is 1500. The largest absolute Gasteiger partial charge is 0.497 e. The molecule has 0 bridgehead atoms. The van der Waals surface area contributed by atoms with Gasteiger partial charge in [-0.05, 0) is 68.7 Å². The number of anilines is 1.